The second-order valence-corrected chi connectivity index (χ2v) is 8.10. The summed E-state index contributed by atoms with van der Waals surface area (Å²) < 4.78 is 23.0. The third-order valence-corrected chi connectivity index (χ3v) is 6.23. The van der Waals surface area contributed by atoms with Crippen LogP contribution in [-0.4, -0.2) is 30.7 Å². The molecule has 1 N–H and O–H groups in total. The number of rotatable bonds is 3. The monoisotopic (exact) mass is 289 g/mol. The first-order valence-electron chi connectivity index (χ1n) is 5.72. The van der Waals surface area contributed by atoms with Crippen molar-refractivity contribution in [3.63, 3.8) is 0 Å². The van der Waals surface area contributed by atoms with Gasteiger partial charge < -0.3 is 5.11 Å². The summed E-state index contributed by atoms with van der Waals surface area (Å²) in [6.45, 7) is 1.59. The minimum Gasteiger partial charge on any atom is -0.481 e. The molecule has 0 amide bonds. The Kier molecular flexibility index (Phi) is 3.46. The predicted octanol–water partition coefficient (Wildman–Crippen LogP) is 1.75. The van der Waals surface area contributed by atoms with Crippen LogP contribution >= 0.6 is 11.3 Å². The standard InChI is InChI=1S/C11H15NO4S2/c1-6(18(2,15)16)10-12-9-7(11(13)14)4-3-5-8(9)17-10/h6-7H,3-5H2,1-2H3,(H,13,14). The van der Waals surface area contributed by atoms with Gasteiger partial charge in [0.05, 0.1) is 11.6 Å². The predicted molar refractivity (Wildman–Crippen MR) is 68.7 cm³/mol. The molecule has 7 heteroatoms. The lowest BCUT2D eigenvalue weighted by atomic mass is 9.91. The molecule has 1 heterocycles. The Bertz CT molecular complexity index is 576. The Balaban J connectivity index is 2.42. The van der Waals surface area contributed by atoms with Gasteiger partial charge in [0.25, 0.3) is 0 Å². The Morgan fingerprint density at radius 1 is 1.56 bits per heavy atom. The van der Waals surface area contributed by atoms with Gasteiger partial charge in [-0.15, -0.1) is 11.3 Å². The van der Waals surface area contributed by atoms with Crippen molar-refractivity contribution in [1.82, 2.24) is 4.98 Å². The molecule has 18 heavy (non-hydrogen) atoms. The summed E-state index contributed by atoms with van der Waals surface area (Å²) in [7, 11) is -3.19. The third-order valence-electron chi connectivity index (χ3n) is 3.26. The number of sulfone groups is 1. The summed E-state index contributed by atoms with van der Waals surface area (Å²) in [4.78, 5) is 16.3. The van der Waals surface area contributed by atoms with E-state index in [-0.39, 0.29) is 0 Å². The van der Waals surface area contributed by atoms with Crippen LogP contribution in [0.25, 0.3) is 0 Å². The topological polar surface area (TPSA) is 84.3 Å². The molecule has 1 aliphatic rings. The second-order valence-electron chi connectivity index (χ2n) is 4.62. The minimum absolute atomic E-state index is 0.510. The molecule has 0 aliphatic heterocycles. The van der Waals surface area contributed by atoms with E-state index >= 15 is 0 Å². The van der Waals surface area contributed by atoms with Crippen LogP contribution in [-0.2, 0) is 21.1 Å². The number of carboxylic acid groups (broad SMARTS) is 1. The van der Waals surface area contributed by atoms with Crippen LogP contribution in [0, 0.1) is 0 Å². The molecule has 0 spiro atoms. The minimum atomic E-state index is -3.19. The number of carboxylic acids is 1. The maximum atomic E-state index is 11.5. The third kappa shape index (κ3) is 2.42. The van der Waals surface area contributed by atoms with Gasteiger partial charge in [-0.1, -0.05) is 0 Å². The van der Waals surface area contributed by atoms with Gasteiger partial charge in [-0.2, -0.15) is 0 Å². The van der Waals surface area contributed by atoms with Crippen molar-refractivity contribution in [2.45, 2.75) is 37.4 Å². The van der Waals surface area contributed by atoms with Crippen molar-refractivity contribution >= 4 is 27.1 Å². The smallest absolute Gasteiger partial charge is 0.312 e. The Morgan fingerprint density at radius 3 is 2.78 bits per heavy atom. The molecule has 1 aliphatic carbocycles. The maximum absolute atomic E-state index is 11.5. The average Bonchev–Trinajstić information content (AvgIpc) is 2.69. The van der Waals surface area contributed by atoms with E-state index in [0.717, 1.165) is 17.7 Å². The molecular weight excluding hydrogens is 274 g/mol. The molecule has 0 radical (unpaired) electrons. The van der Waals surface area contributed by atoms with Gasteiger partial charge in [0.1, 0.15) is 10.3 Å². The quantitative estimate of drug-likeness (QED) is 0.916. The number of hydrogen-bond acceptors (Lipinski definition) is 5. The summed E-state index contributed by atoms with van der Waals surface area (Å²) >= 11 is 1.34. The number of carbonyl (C=O) groups is 1. The fourth-order valence-electron chi connectivity index (χ4n) is 2.03. The van der Waals surface area contributed by atoms with E-state index in [1.54, 1.807) is 6.92 Å². The van der Waals surface area contributed by atoms with Crippen LogP contribution in [0.2, 0.25) is 0 Å². The normalized spacial score (nSPS) is 21.3. The lowest BCUT2D eigenvalue weighted by Crippen LogP contribution is -2.17. The van der Waals surface area contributed by atoms with Crippen molar-refractivity contribution in [3.05, 3.63) is 15.6 Å². The largest absolute Gasteiger partial charge is 0.481 e. The van der Waals surface area contributed by atoms with Gasteiger partial charge in [0, 0.05) is 11.1 Å². The van der Waals surface area contributed by atoms with Crippen LogP contribution in [0.4, 0.5) is 0 Å². The molecule has 100 valence electrons. The summed E-state index contributed by atoms with van der Waals surface area (Å²) in [6.07, 6.45) is 3.37. The number of aromatic nitrogens is 1. The molecule has 0 saturated carbocycles. The van der Waals surface area contributed by atoms with Crippen LogP contribution in [0.1, 0.15) is 46.5 Å². The highest BCUT2D eigenvalue weighted by molar-refractivity contribution is 7.91. The van der Waals surface area contributed by atoms with Gasteiger partial charge >= 0.3 is 5.97 Å². The van der Waals surface area contributed by atoms with Gasteiger partial charge in [-0.25, -0.2) is 13.4 Å². The number of nitrogens with zero attached hydrogens (tertiary/aromatic N) is 1. The van der Waals surface area contributed by atoms with Gasteiger partial charge in [0.2, 0.25) is 0 Å². The summed E-state index contributed by atoms with van der Waals surface area (Å²) in [5.74, 6) is -1.45. The first-order valence-corrected chi connectivity index (χ1v) is 8.49. The van der Waals surface area contributed by atoms with Gasteiger partial charge in [0.15, 0.2) is 9.84 Å². The zero-order valence-corrected chi connectivity index (χ0v) is 11.8. The van der Waals surface area contributed by atoms with E-state index in [0.29, 0.717) is 17.1 Å². The lowest BCUT2D eigenvalue weighted by Gasteiger charge is -2.16. The molecule has 0 bridgehead atoms. The molecule has 1 aromatic rings. The highest BCUT2D eigenvalue weighted by Crippen LogP contribution is 2.37. The zero-order chi connectivity index (χ0) is 13.5. The lowest BCUT2D eigenvalue weighted by molar-refractivity contribution is -0.139. The first kappa shape index (κ1) is 13.5. The van der Waals surface area contributed by atoms with Crippen LogP contribution in [0.15, 0.2) is 0 Å². The highest BCUT2D eigenvalue weighted by atomic mass is 32.2. The number of fused-ring (bicyclic) bond motifs is 1. The van der Waals surface area contributed by atoms with E-state index in [1.165, 1.54) is 17.6 Å². The highest BCUT2D eigenvalue weighted by Gasteiger charge is 2.32. The number of aryl methyl sites for hydroxylation is 1. The van der Waals surface area contributed by atoms with E-state index in [4.69, 9.17) is 5.11 Å². The molecule has 0 fully saturated rings. The summed E-state index contributed by atoms with van der Waals surface area (Å²) in [5.41, 5.74) is 0.573. The van der Waals surface area contributed by atoms with Gasteiger partial charge in [-0.05, 0) is 26.2 Å². The zero-order valence-electron chi connectivity index (χ0n) is 10.2. The molecule has 2 rings (SSSR count). The fraction of sp³-hybridized carbons (Fsp3) is 0.636. The molecule has 1 aromatic heterocycles. The Labute approximate surface area is 110 Å². The fourth-order valence-corrected chi connectivity index (χ4v) is 4.22. The second kappa shape index (κ2) is 4.62. The Hall–Kier alpha value is -0.950. The SMILES string of the molecule is CC(c1nc2c(s1)CCCC2C(=O)O)S(C)(=O)=O. The average molecular weight is 289 g/mol. The van der Waals surface area contributed by atoms with E-state index in [2.05, 4.69) is 4.98 Å². The molecule has 0 aromatic carbocycles. The van der Waals surface area contributed by atoms with Crippen molar-refractivity contribution in [1.29, 1.82) is 0 Å². The van der Waals surface area contributed by atoms with Crippen LogP contribution in [0.3, 0.4) is 0 Å². The van der Waals surface area contributed by atoms with Crippen molar-refractivity contribution in [2.24, 2.45) is 0 Å². The molecule has 5 nitrogen and oxygen atoms in total. The number of hydrogen-bond donors (Lipinski definition) is 1. The van der Waals surface area contributed by atoms with Crippen molar-refractivity contribution in [2.75, 3.05) is 6.26 Å². The molecule has 2 atom stereocenters. The van der Waals surface area contributed by atoms with E-state index in [9.17, 15) is 13.2 Å². The van der Waals surface area contributed by atoms with E-state index < -0.39 is 27.0 Å². The van der Waals surface area contributed by atoms with Crippen LogP contribution < -0.4 is 0 Å². The maximum Gasteiger partial charge on any atom is 0.312 e. The number of thiazole rings is 1. The van der Waals surface area contributed by atoms with E-state index in [1.807, 2.05) is 0 Å². The molecule has 0 saturated heterocycles. The van der Waals surface area contributed by atoms with Crippen molar-refractivity contribution in [3.8, 4) is 0 Å². The molecular formula is C11H15NO4S2. The van der Waals surface area contributed by atoms with Crippen LogP contribution in [0.5, 0.6) is 0 Å². The summed E-state index contributed by atoms with van der Waals surface area (Å²) in [5, 5.41) is 8.98. The van der Waals surface area contributed by atoms with Crippen molar-refractivity contribution < 1.29 is 18.3 Å². The molecule has 2 unspecified atom stereocenters. The number of aliphatic carboxylic acids is 1. The summed E-state index contributed by atoms with van der Waals surface area (Å²) in [6, 6.07) is 0. The Morgan fingerprint density at radius 2 is 2.22 bits per heavy atom. The van der Waals surface area contributed by atoms with Gasteiger partial charge in [-0.3, -0.25) is 4.79 Å². The first-order chi connectivity index (χ1) is 8.30.